The van der Waals surface area contributed by atoms with E-state index in [9.17, 15) is 4.79 Å². The number of rotatable bonds is 7. The van der Waals surface area contributed by atoms with Gasteiger partial charge in [0.2, 0.25) is 0 Å². The van der Waals surface area contributed by atoms with Crippen LogP contribution in [0.5, 0.6) is 0 Å². The minimum atomic E-state index is 0.0902. The Morgan fingerprint density at radius 2 is 2.17 bits per heavy atom. The topological polar surface area (TPSA) is 29.1 Å². The van der Waals surface area contributed by atoms with Gasteiger partial charge in [0.05, 0.1) is 6.04 Å². The van der Waals surface area contributed by atoms with Gasteiger partial charge in [-0.15, -0.1) is 0 Å². The molecule has 1 atom stereocenters. The molecule has 0 fully saturated rings. The average Bonchev–Trinajstić information content (AvgIpc) is 2.11. The van der Waals surface area contributed by atoms with E-state index in [1.165, 1.54) is 0 Å². The summed E-state index contributed by atoms with van der Waals surface area (Å²) in [5.41, 5.74) is 0. The summed E-state index contributed by atoms with van der Waals surface area (Å²) < 4.78 is 0. The molecular formula is C9H19NOS. The van der Waals surface area contributed by atoms with Crippen LogP contribution in [0.1, 0.15) is 26.7 Å². The number of nitrogens with one attached hydrogen (secondary N) is 1. The van der Waals surface area contributed by atoms with Gasteiger partial charge >= 0.3 is 0 Å². The van der Waals surface area contributed by atoms with E-state index in [0.29, 0.717) is 12.2 Å². The lowest BCUT2D eigenvalue weighted by Crippen LogP contribution is -2.36. The molecule has 0 aliphatic rings. The summed E-state index contributed by atoms with van der Waals surface area (Å²) in [5.74, 6) is 1.40. The molecule has 72 valence electrons. The maximum Gasteiger partial charge on any atom is 0.149 e. The highest BCUT2D eigenvalue weighted by molar-refractivity contribution is 7.98. The van der Waals surface area contributed by atoms with Gasteiger partial charge < -0.3 is 5.32 Å². The monoisotopic (exact) mass is 189 g/mol. The fourth-order valence-corrected chi connectivity index (χ4v) is 1.58. The maximum atomic E-state index is 11.3. The molecule has 0 aromatic heterocycles. The second-order valence-electron chi connectivity index (χ2n) is 2.71. The predicted octanol–water partition coefficient (Wildman–Crippen LogP) is 1.70. The molecule has 0 aliphatic heterocycles. The lowest BCUT2D eigenvalue weighted by atomic mass is 10.1. The van der Waals surface area contributed by atoms with Crippen molar-refractivity contribution in [2.45, 2.75) is 32.7 Å². The van der Waals surface area contributed by atoms with Crippen molar-refractivity contribution in [1.82, 2.24) is 5.32 Å². The highest BCUT2D eigenvalue weighted by atomic mass is 32.2. The Morgan fingerprint density at radius 1 is 1.50 bits per heavy atom. The van der Waals surface area contributed by atoms with Crippen LogP contribution in [-0.2, 0) is 4.79 Å². The zero-order valence-electron chi connectivity index (χ0n) is 8.22. The molecule has 0 heterocycles. The predicted molar refractivity (Wildman–Crippen MR) is 55.8 cm³/mol. The first-order valence-electron chi connectivity index (χ1n) is 4.51. The number of ketones is 1. The summed E-state index contributed by atoms with van der Waals surface area (Å²) in [6, 6.07) is 0.0902. The summed E-state index contributed by atoms with van der Waals surface area (Å²) in [6.45, 7) is 4.84. The van der Waals surface area contributed by atoms with Gasteiger partial charge in [-0.25, -0.2) is 0 Å². The molecule has 2 nitrogen and oxygen atoms in total. The van der Waals surface area contributed by atoms with Crippen LogP contribution < -0.4 is 5.32 Å². The van der Waals surface area contributed by atoms with Crippen molar-refractivity contribution < 1.29 is 4.79 Å². The summed E-state index contributed by atoms with van der Waals surface area (Å²) >= 11 is 1.79. The Kier molecular flexibility index (Phi) is 7.61. The fourth-order valence-electron chi connectivity index (χ4n) is 1.11. The van der Waals surface area contributed by atoms with E-state index in [4.69, 9.17) is 0 Å². The smallest absolute Gasteiger partial charge is 0.149 e. The average molecular weight is 189 g/mol. The Balaban J connectivity index is 3.76. The zero-order chi connectivity index (χ0) is 9.40. The summed E-state index contributed by atoms with van der Waals surface area (Å²) in [6.07, 6.45) is 3.67. The number of thioether (sulfide) groups is 1. The number of Topliss-reactive ketones (excluding diaryl/α,β-unsaturated/α-hetero) is 1. The van der Waals surface area contributed by atoms with E-state index in [-0.39, 0.29) is 6.04 Å². The van der Waals surface area contributed by atoms with E-state index in [1.54, 1.807) is 11.8 Å². The first kappa shape index (κ1) is 12.0. The molecule has 3 heteroatoms. The van der Waals surface area contributed by atoms with Gasteiger partial charge in [-0.2, -0.15) is 11.8 Å². The molecule has 0 aromatic rings. The van der Waals surface area contributed by atoms with Gasteiger partial charge in [0, 0.05) is 6.42 Å². The molecule has 0 rings (SSSR count). The summed E-state index contributed by atoms with van der Waals surface area (Å²) in [7, 11) is 0. The van der Waals surface area contributed by atoms with Gasteiger partial charge in [0.15, 0.2) is 0 Å². The number of hydrogen-bond acceptors (Lipinski definition) is 3. The minimum Gasteiger partial charge on any atom is -0.308 e. The van der Waals surface area contributed by atoms with Crippen LogP contribution in [0, 0.1) is 0 Å². The molecule has 0 amide bonds. The van der Waals surface area contributed by atoms with Gasteiger partial charge in [-0.1, -0.05) is 13.8 Å². The van der Waals surface area contributed by atoms with E-state index < -0.39 is 0 Å². The van der Waals surface area contributed by atoms with Crippen LogP contribution in [0.25, 0.3) is 0 Å². The van der Waals surface area contributed by atoms with E-state index >= 15 is 0 Å². The normalized spacial score (nSPS) is 12.9. The Morgan fingerprint density at radius 3 is 2.58 bits per heavy atom. The molecule has 0 aromatic carbocycles. The molecular weight excluding hydrogens is 170 g/mol. The summed E-state index contributed by atoms with van der Waals surface area (Å²) in [5, 5.41) is 3.21. The third-order valence-electron chi connectivity index (χ3n) is 1.80. The number of carbonyl (C=O) groups is 1. The minimum absolute atomic E-state index is 0.0902. The lowest BCUT2D eigenvalue weighted by Gasteiger charge is -2.14. The van der Waals surface area contributed by atoms with Gasteiger partial charge in [0.1, 0.15) is 5.78 Å². The van der Waals surface area contributed by atoms with Crippen LogP contribution in [0.4, 0.5) is 0 Å². The van der Waals surface area contributed by atoms with Gasteiger partial charge in [-0.05, 0) is 25.0 Å². The number of hydrogen-bond donors (Lipinski definition) is 1. The van der Waals surface area contributed by atoms with E-state index in [0.717, 1.165) is 18.7 Å². The van der Waals surface area contributed by atoms with Crippen LogP contribution in [0.3, 0.4) is 0 Å². The van der Waals surface area contributed by atoms with Gasteiger partial charge in [0.25, 0.3) is 0 Å². The highest BCUT2D eigenvalue weighted by Gasteiger charge is 2.13. The molecule has 0 saturated heterocycles. The third-order valence-corrected chi connectivity index (χ3v) is 2.44. The molecule has 0 bridgehead atoms. The van der Waals surface area contributed by atoms with E-state index in [1.807, 2.05) is 13.8 Å². The first-order valence-corrected chi connectivity index (χ1v) is 5.90. The van der Waals surface area contributed by atoms with Crippen molar-refractivity contribution in [1.29, 1.82) is 0 Å². The second-order valence-corrected chi connectivity index (χ2v) is 3.70. The van der Waals surface area contributed by atoms with Crippen molar-refractivity contribution in [3.8, 4) is 0 Å². The van der Waals surface area contributed by atoms with E-state index in [2.05, 4.69) is 11.6 Å². The molecule has 1 unspecified atom stereocenters. The Labute approximate surface area is 79.5 Å². The van der Waals surface area contributed by atoms with Crippen LogP contribution in [0.15, 0.2) is 0 Å². The second kappa shape index (κ2) is 7.62. The zero-order valence-corrected chi connectivity index (χ0v) is 9.04. The lowest BCUT2D eigenvalue weighted by molar-refractivity contribution is -0.120. The Bertz CT molecular complexity index is 128. The molecule has 1 N–H and O–H groups in total. The fraction of sp³-hybridized carbons (Fsp3) is 0.889. The van der Waals surface area contributed by atoms with Crippen LogP contribution in [0.2, 0.25) is 0 Å². The molecule has 0 aliphatic carbocycles. The maximum absolute atomic E-state index is 11.3. The molecule has 12 heavy (non-hydrogen) atoms. The molecule has 0 spiro atoms. The number of carbonyl (C=O) groups excluding carboxylic acids is 1. The van der Waals surface area contributed by atoms with Crippen molar-refractivity contribution >= 4 is 17.5 Å². The molecule has 0 saturated carbocycles. The van der Waals surface area contributed by atoms with Crippen molar-refractivity contribution in [3.63, 3.8) is 0 Å². The quantitative estimate of drug-likeness (QED) is 0.661. The van der Waals surface area contributed by atoms with Crippen molar-refractivity contribution in [3.05, 3.63) is 0 Å². The third kappa shape index (κ3) is 4.78. The summed E-state index contributed by atoms with van der Waals surface area (Å²) in [4.78, 5) is 11.3. The van der Waals surface area contributed by atoms with Gasteiger partial charge in [-0.3, -0.25) is 4.79 Å². The van der Waals surface area contributed by atoms with Crippen molar-refractivity contribution in [2.24, 2.45) is 0 Å². The SMILES string of the molecule is CCNC(CCSC)C(=O)CC. The Hall–Kier alpha value is -0.0200. The van der Waals surface area contributed by atoms with Crippen molar-refractivity contribution in [2.75, 3.05) is 18.6 Å². The molecule has 0 radical (unpaired) electrons. The first-order chi connectivity index (χ1) is 5.76. The highest BCUT2D eigenvalue weighted by Crippen LogP contribution is 2.03. The standard InChI is InChI=1S/C9H19NOS/c1-4-9(11)8(10-5-2)6-7-12-3/h8,10H,4-7H2,1-3H3. The van der Waals surface area contributed by atoms with Crippen LogP contribution >= 0.6 is 11.8 Å². The largest absolute Gasteiger partial charge is 0.308 e. The number of likely N-dealkylation sites (N-methyl/N-ethyl adjacent to an activating group) is 1. The van der Waals surface area contributed by atoms with Crippen LogP contribution in [-0.4, -0.2) is 30.4 Å².